The van der Waals surface area contributed by atoms with Crippen LogP contribution in [0.5, 0.6) is 0 Å². The van der Waals surface area contributed by atoms with Crippen molar-refractivity contribution in [3.05, 3.63) is 0 Å². The quantitative estimate of drug-likeness (QED) is 0.412. The number of aliphatic hydroxyl groups is 1. The van der Waals surface area contributed by atoms with Crippen LogP contribution in [0.1, 0.15) is 0 Å². The van der Waals surface area contributed by atoms with E-state index in [0.717, 1.165) is 0 Å². The Bertz CT molecular complexity index is 95.9. The molecule has 0 heterocycles. The topological polar surface area (TPSA) is 83.5 Å². The van der Waals surface area contributed by atoms with E-state index in [1.54, 1.807) is 0 Å². The van der Waals surface area contributed by atoms with Crippen LogP contribution >= 0.6 is 0 Å². The van der Waals surface area contributed by atoms with Gasteiger partial charge in [0.05, 0.1) is 6.61 Å². The van der Waals surface area contributed by atoms with Gasteiger partial charge in [-0.15, -0.1) is 0 Å². The maximum absolute atomic E-state index is 9.65. The molecule has 1 unspecified atom stereocenters. The fraction of sp³-hybridized carbons (Fsp3) is 0.667. The maximum Gasteiger partial charge on any atom is 0.322 e. The SMILES string of the molecule is NC(CO)C(=O)O.[AlH3].[Cr].[Fe].[Mo].[Nb]. The third-order valence-corrected chi connectivity index (χ3v) is 0.514. The van der Waals surface area contributed by atoms with Crippen molar-refractivity contribution >= 4 is 23.3 Å². The fourth-order valence-electron chi connectivity index (χ4n) is 0.0781. The molecular weight excluding hydrogens is 422 g/mol. The zero-order valence-corrected chi connectivity index (χ0v) is 11.9. The van der Waals surface area contributed by atoms with Gasteiger partial charge in [0.25, 0.3) is 0 Å². The number of carboxylic acids is 1. The maximum atomic E-state index is 9.65. The van der Waals surface area contributed by atoms with Gasteiger partial charge in [0.1, 0.15) is 6.04 Å². The summed E-state index contributed by atoms with van der Waals surface area (Å²) >= 11 is 0. The summed E-state index contributed by atoms with van der Waals surface area (Å²) in [5.41, 5.74) is 4.77. The van der Waals surface area contributed by atoms with Crippen molar-refractivity contribution in [3.63, 3.8) is 0 Å². The number of hydrogen-bond donors (Lipinski definition) is 3. The molecule has 0 saturated carbocycles. The second kappa shape index (κ2) is 23.3. The van der Waals surface area contributed by atoms with Crippen molar-refractivity contribution < 1.29 is 92.9 Å². The average Bonchev–Trinajstić information content (AvgIpc) is 1.65. The van der Waals surface area contributed by atoms with Crippen LogP contribution in [0.3, 0.4) is 0 Å². The minimum atomic E-state index is -1.18. The molecule has 0 saturated heterocycles. The van der Waals surface area contributed by atoms with Gasteiger partial charge in [0.15, 0.2) is 17.4 Å². The molecule has 0 fully saturated rings. The second-order valence-electron chi connectivity index (χ2n) is 1.13. The van der Waals surface area contributed by atoms with Gasteiger partial charge in [-0.1, -0.05) is 0 Å². The van der Waals surface area contributed by atoms with Crippen molar-refractivity contribution in [2.24, 2.45) is 5.73 Å². The molecule has 0 aliphatic rings. The summed E-state index contributed by atoms with van der Waals surface area (Å²) in [5, 5.41) is 15.9. The van der Waals surface area contributed by atoms with E-state index in [2.05, 4.69) is 0 Å². The van der Waals surface area contributed by atoms with Crippen LogP contribution in [0.4, 0.5) is 0 Å². The molecule has 0 aromatic rings. The average molecular weight is 432 g/mol. The third-order valence-electron chi connectivity index (χ3n) is 0.514. The molecule has 1 radical (unpaired) electrons. The van der Waals surface area contributed by atoms with Gasteiger partial charge >= 0.3 is 5.97 Å². The van der Waals surface area contributed by atoms with Gasteiger partial charge in [-0.3, -0.25) is 4.79 Å². The van der Waals surface area contributed by atoms with Crippen LogP contribution in [0.15, 0.2) is 0 Å². The van der Waals surface area contributed by atoms with Crippen LogP contribution in [0, 0.1) is 0 Å². The van der Waals surface area contributed by atoms with Crippen molar-refractivity contribution in [3.8, 4) is 0 Å². The van der Waals surface area contributed by atoms with Gasteiger partial charge in [-0.25, -0.2) is 0 Å². The molecule has 4 N–H and O–H groups in total. The van der Waals surface area contributed by atoms with E-state index in [9.17, 15) is 4.79 Å². The predicted octanol–water partition coefficient (Wildman–Crippen LogP) is -2.80. The molecule has 0 spiro atoms. The number of carboxylic acid groups (broad SMARTS) is 1. The minimum absolute atomic E-state index is 0. The summed E-state index contributed by atoms with van der Waals surface area (Å²) in [6.07, 6.45) is 0. The molecular formula is C3H10AlCrFeMoNNbO3. The third kappa shape index (κ3) is 22.8. The Morgan fingerprint density at radius 3 is 1.75 bits per heavy atom. The molecule has 0 aliphatic carbocycles. The van der Waals surface area contributed by atoms with Crippen molar-refractivity contribution in [2.75, 3.05) is 6.61 Å². The fourth-order valence-corrected chi connectivity index (χ4v) is 0.0781. The molecule has 1 atom stereocenters. The van der Waals surface area contributed by atoms with E-state index < -0.39 is 18.6 Å². The summed E-state index contributed by atoms with van der Waals surface area (Å²) in [5.74, 6) is -1.18. The van der Waals surface area contributed by atoms with E-state index in [1.165, 1.54) is 0 Å². The Balaban J connectivity index is -0.0000000180. The van der Waals surface area contributed by atoms with Crippen LogP contribution in [-0.2, 0) is 82.7 Å². The zero-order chi connectivity index (χ0) is 5.86. The van der Waals surface area contributed by atoms with Crippen molar-refractivity contribution in [1.29, 1.82) is 0 Å². The largest absolute Gasteiger partial charge is 0.480 e. The van der Waals surface area contributed by atoms with Gasteiger partial charge in [0, 0.05) is 77.9 Å². The van der Waals surface area contributed by atoms with Crippen molar-refractivity contribution in [1.82, 2.24) is 0 Å². The Morgan fingerprint density at radius 2 is 1.75 bits per heavy atom. The van der Waals surface area contributed by atoms with Crippen LogP contribution < -0.4 is 5.73 Å². The zero-order valence-electron chi connectivity index (χ0n) is 5.28. The Hall–Kier alpha value is 2.40. The number of aliphatic hydroxyl groups excluding tert-OH is 1. The van der Waals surface area contributed by atoms with Gasteiger partial charge in [-0.05, 0) is 0 Å². The molecule has 73 valence electrons. The van der Waals surface area contributed by atoms with Crippen LogP contribution in [-0.4, -0.2) is 46.2 Å². The van der Waals surface area contributed by atoms with Crippen LogP contribution in [0.25, 0.3) is 0 Å². The Morgan fingerprint density at radius 1 is 1.50 bits per heavy atom. The number of aliphatic carboxylic acids is 1. The van der Waals surface area contributed by atoms with Gasteiger partial charge in [-0.2, -0.15) is 0 Å². The van der Waals surface area contributed by atoms with Gasteiger partial charge < -0.3 is 15.9 Å². The first kappa shape index (κ1) is 36.6. The summed E-state index contributed by atoms with van der Waals surface area (Å²) in [7, 11) is 0. The minimum Gasteiger partial charge on any atom is -0.480 e. The summed E-state index contributed by atoms with van der Waals surface area (Å²) in [4.78, 5) is 9.65. The number of carbonyl (C=O) groups is 1. The van der Waals surface area contributed by atoms with E-state index >= 15 is 0 Å². The molecule has 0 aliphatic heterocycles. The molecule has 4 nitrogen and oxygen atoms in total. The van der Waals surface area contributed by atoms with E-state index in [-0.39, 0.29) is 95.2 Å². The number of nitrogens with two attached hydrogens (primary N) is 1. The number of hydrogen-bond acceptors (Lipinski definition) is 3. The van der Waals surface area contributed by atoms with E-state index in [4.69, 9.17) is 15.9 Å². The summed E-state index contributed by atoms with van der Waals surface area (Å²) in [6, 6.07) is -1.13. The molecule has 0 amide bonds. The van der Waals surface area contributed by atoms with E-state index in [0.29, 0.717) is 0 Å². The first-order valence-corrected chi connectivity index (χ1v) is 1.77. The molecule has 12 heavy (non-hydrogen) atoms. The van der Waals surface area contributed by atoms with Gasteiger partial charge in [0.2, 0.25) is 0 Å². The molecule has 0 bridgehead atoms. The second-order valence-corrected chi connectivity index (χ2v) is 1.13. The smallest absolute Gasteiger partial charge is 0.322 e. The Labute approximate surface area is 133 Å². The van der Waals surface area contributed by atoms with E-state index in [1.807, 2.05) is 0 Å². The predicted molar refractivity (Wildman–Crippen MR) is 32.6 cm³/mol. The summed E-state index contributed by atoms with van der Waals surface area (Å²) < 4.78 is 0. The summed E-state index contributed by atoms with van der Waals surface area (Å²) in [6.45, 7) is -0.505. The normalized spacial score (nSPS) is 7.83. The molecule has 0 rings (SSSR count). The molecule has 9 heteroatoms. The molecule has 0 aromatic carbocycles. The van der Waals surface area contributed by atoms with Crippen molar-refractivity contribution in [2.45, 2.75) is 6.04 Å². The standard InChI is InChI=1S/C3H7NO3.Al.Cr.Fe.Mo.Nb.3H/c4-2(1-5)3(6)7;;;;;;;;/h2,5H,1,4H2,(H,6,7);;;;;;;;. The first-order valence-electron chi connectivity index (χ1n) is 1.77. The molecule has 0 aromatic heterocycles. The monoisotopic (exact) mass is 434 g/mol. The van der Waals surface area contributed by atoms with Crippen LogP contribution in [0.2, 0.25) is 0 Å². The first-order chi connectivity index (χ1) is 3.18. The Kier molecular flexibility index (Phi) is 71.2. The number of rotatable bonds is 2.